The molecule has 2 amide bonds. The number of carbonyl (C=O) groups excluding carboxylic acids is 2. The Balaban J connectivity index is 3.06. The zero-order valence-corrected chi connectivity index (χ0v) is 22.9. The number of phosphoric ester groups is 1. The number of aliphatic hydroxyl groups is 2. The van der Waals surface area contributed by atoms with Crippen LogP contribution in [-0.4, -0.2) is 114 Å². The van der Waals surface area contributed by atoms with Crippen molar-refractivity contribution in [2.75, 3.05) is 12.8 Å². The Hall–Kier alpha value is -1.98. The molecule has 226 valence electrons. The first-order valence-electron chi connectivity index (χ1n) is 11.5. The number of nitrogens with one attached hydrogen (secondary N) is 2. The Morgan fingerprint density at radius 3 is 2.13 bits per heavy atom. The molecule has 0 saturated carbocycles. The average molecular weight is 608 g/mol. The molecule has 0 aliphatic carbocycles. The Bertz CT molecular complexity index is 989. The molecule has 0 radical (unpaired) electrons. The van der Waals surface area contributed by atoms with E-state index in [9.17, 15) is 58.3 Å². The van der Waals surface area contributed by atoms with Crippen LogP contribution < -0.4 is 10.6 Å². The second-order valence-electron chi connectivity index (χ2n) is 8.87. The molecule has 9 atom stereocenters. The van der Waals surface area contributed by atoms with Crippen molar-refractivity contribution >= 4 is 38.9 Å². The van der Waals surface area contributed by atoms with Gasteiger partial charge in [0.25, 0.3) is 0 Å². The Morgan fingerprint density at radius 2 is 1.67 bits per heavy atom. The number of carbonyl (C=O) groups is 4. The van der Waals surface area contributed by atoms with Gasteiger partial charge in [-0.2, -0.15) is 0 Å². The summed E-state index contributed by atoms with van der Waals surface area (Å²) < 4.78 is 39.3. The lowest BCUT2D eigenvalue weighted by Crippen LogP contribution is -2.66. The van der Waals surface area contributed by atoms with Gasteiger partial charge in [0.05, 0.1) is 12.5 Å². The summed E-state index contributed by atoms with van der Waals surface area (Å²) in [6.07, 6.45) is -10.3. The maximum Gasteiger partial charge on any atom is 0.472 e. The molecule has 1 rings (SSSR count). The minimum absolute atomic E-state index is 0.425. The maximum absolute atomic E-state index is 12.8. The fraction of sp³-hybridized carbons (Fsp3) is 0.789. The monoisotopic (exact) mass is 608 g/mol. The smallest absolute Gasteiger partial charge is 0.472 e. The van der Waals surface area contributed by atoms with E-state index in [1.165, 1.54) is 0 Å². The van der Waals surface area contributed by atoms with Crippen molar-refractivity contribution in [1.82, 2.24) is 10.6 Å². The van der Waals surface area contributed by atoms with Gasteiger partial charge in [-0.25, -0.2) is 4.57 Å². The molecule has 0 aromatic carbocycles. The number of amides is 2. The lowest BCUT2D eigenvalue weighted by Gasteiger charge is -2.44. The molecule has 18 nitrogen and oxygen atoms in total. The molecule has 9 N–H and O–H groups in total. The van der Waals surface area contributed by atoms with Crippen molar-refractivity contribution in [2.24, 2.45) is 5.92 Å². The molecule has 0 aromatic rings. The molecule has 1 fully saturated rings. The highest BCUT2D eigenvalue weighted by molar-refractivity contribution is 7.58. The van der Waals surface area contributed by atoms with Gasteiger partial charge in [0.1, 0.15) is 36.2 Å². The van der Waals surface area contributed by atoms with Crippen LogP contribution in [0.1, 0.15) is 33.6 Å². The van der Waals surface area contributed by atoms with E-state index in [4.69, 9.17) is 14.6 Å². The van der Waals surface area contributed by atoms with Crippen molar-refractivity contribution in [3.8, 4) is 0 Å². The van der Waals surface area contributed by atoms with Crippen LogP contribution in [0.15, 0.2) is 0 Å². The number of carboxylic acid groups (broad SMARTS) is 2. The van der Waals surface area contributed by atoms with Crippen molar-refractivity contribution in [3.05, 3.63) is 0 Å². The summed E-state index contributed by atoms with van der Waals surface area (Å²) in [6, 6.07) is -1.60. The van der Waals surface area contributed by atoms with Crippen molar-refractivity contribution in [2.45, 2.75) is 76.1 Å². The summed E-state index contributed by atoms with van der Waals surface area (Å²) >= 11 is 0. The molecule has 1 saturated heterocycles. The quantitative estimate of drug-likeness (QED) is 0.0887. The number of aliphatic carboxylic acids is 2. The van der Waals surface area contributed by atoms with E-state index in [0.29, 0.717) is 0 Å². The van der Waals surface area contributed by atoms with Crippen LogP contribution in [0.4, 0.5) is 0 Å². The molecule has 20 heteroatoms. The molecule has 3 unspecified atom stereocenters. The number of hydrogen-bond donors (Lipinski definition) is 9. The van der Waals surface area contributed by atoms with Crippen LogP contribution in [0.25, 0.3) is 0 Å². The number of carboxylic acids is 2. The number of hydrogen-bond acceptors (Lipinski definition) is 11. The summed E-state index contributed by atoms with van der Waals surface area (Å²) in [5, 5.41) is 42.5. The van der Waals surface area contributed by atoms with Gasteiger partial charge in [0.15, 0.2) is 6.29 Å². The lowest BCUT2D eigenvalue weighted by atomic mass is 9.96. The number of phosphoric acid groups is 1. The topological polar surface area (TPSA) is 296 Å². The highest BCUT2D eigenvalue weighted by atomic mass is 31.2. The Kier molecular flexibility index (Phi) is 13.1. The van der Waals surface area contributed by atoms with Crippen LogP contribution in [-0.2, 0) is 42.3 Å². The minimum Gasteiger partial charge on any atom is -0.481 e. The lowest BCUT2D eigenvalue weighted by molar-refractivity contribution is -0.261. The van der Waals surface area contributed by atoms with E-state index in [1.807, 2.05) is 0 Å². The summed E-state index contributed by atoms with van der Waals surface area (Å²) in [5.74, 6) is -7.61. The summed E-state index contributed by atoms with van der Waals surface area (Å²) in [4.78, 5) is 75.3. The number of aliphatic hydroxyl groups excluding tert-OH is 2. The first-order chi connectivity index (χ1) is 17.8. The highest BCUT2D eigenvalue weighted by Crippen LogP contribution is 2.47. The third kappa shape index (κ3) is 11.2. The third-order valence-corrected chi connectivity index (χ3v) is 8.48. The molecular weight excluding hydrogens is 574 g/mol. The van der Waals surface area contributed by atoms with Crippen LogP contribution in [0.3, 0.4) is 0 Å². The van der Waals surface area contributed by atoms with Gasteiger partial charge >= 0.3 is 19.8 Å². The van der Waals surface area contributed by atoms with E-state index in [2.05, 4.69) is 15.2 Å². The van der Waals surface area contributed by atoms with E-state index < -0.39 is 113 Å². The summed E-state index contributed by atoms with van der Waals surface area (Å²) in [6.45, 7) is 2.38. The normalized spacial score (nSPS) is 27.4. The van der Waals surface area contributed by atoms with Crippen LogP contribution >= 0.6 is 15.2 Å². The van der Waals surface area contributed by atoms with E-state index in [0.717, 1.165) is 20.8 Å². The van der Waals surface area contributed by atoms with Gasteiger partial charge in [-0.1, -0.05) is 0 Å². The SMILES string of the molecule is CC(=O)N[C@H]1C(OP(=O)(O)O)O[C@H](CO)[C@@H](O)[C@@H]1O[C@H](C)C(=O)N[C@@H](C)P(=O)(O)CC(CCC(=O)O)C(=O)O. The second kappa shape index (κ2) is 14.6. The van der Waals surface area contributed by atoms with Crippen molar-refractivity contribution < 1.29 is 77.4 Å². The first kappa shape index (κ1) is 35.0. The zero-order chi connectivity index (χ0) is 30.3. The fourth-order valence-electron chi connectivity index (χ4n) is 3.63. The van der Waals surface area contributed by atoms with E-state index in [1.54, 1.807) is 0 Å². The highest BCUT2D eigenvalue weighted by Gasteiger charge is 2.50. The largest absolute Gasteiger partial charge is 0.481 e. The Labute approximate surface area is 222 Å². The van der Waals surface area contributed by atoms with E-state index >= 15 is 0 Å². The van der Waals surface area contributed by atoms with E-state index in [-0.39, 0.29) is 0 Å². The number of ether oxygens (including phenoxy) is 2. The predicted octanol–water partition coefficient (Wildman–Crippen LogP) is -2.25. The van der Waals surface area contributed by atoms with Crippen LogP contribution in [0.2, 0.25) is 0 Å². The summed E-state index contributed by atoms with van der Waals surface area (Å²) in [5.41, 5.74) is 0. The molecular formula is C19H34N2O16P2. The van der Waals surface area contributed by atoms with Crippen LogP contribution in [0, 0.1) is 5.92 Å². The maximum atomic E-state index is 12.8. The molecule has 1 aliphatic heterocycles. The zero-order valence-electron chi connectivity index (χ0n) is 21.1. The molecule has 39 heavy (non-hydrogen) atoms. The first-order valence-corrected chi connectivity index (χ1v) is 14.9. The van der Waals surface area contributed by atoms with Gasteiger partial charge in [0.2, 0.25) is 19.2 Å². The molecule has 1 aliphatic rings. The second-order valence-corrected chi connectivity index (χ2v) is 12.7. The van der Waals surface area contributed by atoms with Crippen LogP contribution in [0.5, 0.6) is 0 Å². The summed E-state index contributed by atoms with van der Waals surface area (Å²) in [7, 11) is -9.63. The minimum atomic E-state index is -5.23. The molecule has 1 heterocycles. The molecule has 0 spiro atoms. The average Bonchev–Trinajstić information content (AvgIpc) is 2.78. The molecule has 0 aromatic heterocycles. The number of rotatable bonds is 15. The predicted molar refractivity (Wildman–Crippen MR) is 127 cm³/mol. The van der Waals surface area contributed by atoms with Gasteiger partial charge < -0.3 is 55.2 Å². The van der Waals surface area contributed by atoms with Gasteiger partial charge in [-0.3, -0.25) is 28.3 Å². The van der Waals surface area contributed by atoms with Gasteiger partial charge in [-0.05, 0) is 20.3 Å². The molecule has 0 bridgehead atoms. The standard InChI is InChI=1S/C19H34N2O16P2/c1-8(17(27)21-10(3)38(30,31)7-11(18(28)29)4-5-13(24)25)35-16-14(20-9(2)23)19(37-39(32,33)34)36-12(6-22)15(16)26/h8,10-12,14-16,19,22,26H,4-7H2,1-3H3,(H,20,23)(H,21,27)(H,24,25)(H,28,29)(H,30,31)(H2,32,33,34)/t8-,10-,11?,12-,14-,15-,16-,19?/m1/s1. The van der Waals surface area contributed by atoms with Gasteiger partial charge in [0, 0.05) is 19.5 Å². The Morgan fingerprint density at radius 1 is 1.08 bits per heavy atom. The third-order valence-electron chi connectivity index (χ3n) is 5.69. The van der Waals surface area contributed by atoms with Gasteiger partial charge in [-0.15, -0.1) is 0 Å². The fourth-order valence-corrected chi connectivity index (χ4v) is 5.70. The van der Waals surface area contributed by atoms with Crippen molar-refractivity contribution in [1.29, 1.82) is 0 Å². The van der Waals surface area contributed by atoms with Crippen molar-refractivity contribution in [3.63, 3.8) is 0 Å².